The summed E-state index contributed by atoms with van der Waals surface area (Å²) < 4.78 is 5.71. The molecule has 2 rings (SSSR count). The molecule has 0 aromatic heterocycles. The molecule has 0 spiro atoms. The second-order valence-corrected chi connectivity index (χ2v) is 3.93. The first-order chi connectivity index (χ1) is 6.83. The van der Waals surface area contributed by atoms with Crippen molar-refractivity contribution in [3.8, 4) is 0 Å². The summed E-state index contributed by atoms with van der Waals surface area (Å²) in [5.41, 5.74) is 5.94. The quantitative estimate of drug-likeness (QED) is 0.494. The van der Waals surface area contributed by atoms with E-state index >= 15 is 0 Å². The van der Waals surface area contributed by atoms with Crippen molar-refractivity contribution in [2.24, 2.45) is 10.7 Å². The maximum absolute atomic E-state index is 5.94. The molecule has 0 aromatic rings. The molecule has 1 saturated carbocycles. The number of ether oxygens (including phenoxy) is 1. The van der Waals surface area contributed by atoms with Crippen molar-refractivity contribution in [2.75, 3.05) is 19.7 Å². The van der Waals surface area contributed by atoms with E-state index in [0.717, 1.165) is 19.7 Å². The van der Waals surface area contributed by atoms with Crippen LogP contribution in [-0.4, -0.2) is 42.7 Å². The summed E-state index contributed by atoms with van der Waals surface area (Å²) in [7, 11) is 0. The Morgan fingerprint density at radius 2 is 2.43 bits per heavy atom. The summed E-state index contributed by atoms with van der Waals surface area (Å²) in [6.45, 7) is 4.47. The molecule has 2 unspecified atom stereocenters. The van der Waals surface area contributed by atoms with Gasteiger partial charge in [0.1, 0.15) is 0 Å². The Labute approximate surface area is 85.1 Å². The molecule has 0 bridgehead atoms. The van der Waals surface area contributed by atoms with Crippen molar-refractivity contribution in [2.45, 2.75) is 38.3 Å². The number of aliphatic imine (C=N–C) groups is 1. The van der Waals surface area contributed by atoms with Gasteiger partial charge in [0.25, 0.3) is 0 Å². The first-order valence-electron chi connectivity index (χ1n) is 5.51. The van der Waals surface area contributed by atoms with Crippen molar-refractivity contribution in [3.63, 3.8) is 0 Å². The smallest absolute Gasteiger partial charge is 0.191 e. The van der Waals surface area contributed by atoms with Crippen LogP contribution in [0.25, 0.3) is 0 Å². The monoisotopic (exact) mass is 197 g/mol. The van der Waals surface area contributed by atoms with Crippen LogP contribution in [0.3, 0.4) is 0 Å². The summed E-state index contributed by atoms with van der Waals surface area (Å²) in [6.07, 6.45) is 4.03. The van der Waals surface area contributed by atoms with E-state index in [-0.39, 0.29) is 0 Å². The van der Waals surface area contributed by atoms with E-state index in [1.54, 1.807) is 0 Å². The van der Waals surface area contributed by atoms with Gasteiger partial charge in [-0.25, -0.2) is 0 Å². The van der Waals surface area contributed by atoms with Crippen LogP contribution in [0.1, 0.15) is 26.2 Å². The topological polar surface area (TPSA) is 50.8 Å². The van der Waals surface area contributed by atoms with Gasteiger partial charge in [-0.05, 0) is 26.2 Å². The Hall–Kier alpha value is -0.770. The van der Waals surface area contributed by atoms with Gasteiger partial charge in [0.2, 0.25) is 0 Å². The second kappa shape index (κ2) is 4.17. The number of hydrogen-bond donors (Lipinski definition) is 1. The minimum atomic E-state index is 0.398. The Morgan fingerprint density at radius 1 is 1.57 bits per heavy atom. The minimum absolute atomic E-state index is 0.398. The maximum Gasteiger partial charge on any atom is 0.191 e. The van der Waals surface area contributed by atoms with Crippen LogP contribution in [-0.2, 0) is 4.74 Å². The van der Waals surface area contributed by atoms with Crippen LogP contribution in [0.2, 0.25) is 0 Å². The zero-order chi connectivity index (χ0) is 9.97. The summed E-state index contributed by atoms with van der Waals surface area (Å²) >= 11 is 0. The predicted octanol–water partition coefficient (Wildman–Crippen LogP) is 0.574. The van der Waals surface area contributed by atoms with E-state index in [1.165, 1.54) is 19.3 Å². The number of hydrogen-bond acceptors (Lipinski definition) is 2. The zero-order valence-corrected chi connectivity index (χ0v) is 8.78. The van der Waals surface area contributed by atoms with Crippen molar-refractivity contribution in [3.05, 3.63) is 0 Å². The Bertz CT molecular complexity index is 229. The van der Waals surface area contributed by atoms with Crippen LogP contribution in [0, 0.1) is 0 Å². The van der Waals surface area contributed by atoms with Gasteiger partial charge in [0.05, 0.1) is 18.8 Å². The van der Waals surface area contributed by atoms with Crippen LogP contribution in [0.4, 0.5) is 0 Å². The van der Waals surface area contributed by atoms with E-state index in [2.05, 4.69) is 9.89 Å². The number of morpholine rings is 1. The Kier molecular flexibility index (Phi) is 2.91. The molecular weight excluding hydrogens is 178 g/mol. The summed E-state index contributed by atoms with van der Waals surface area (Å²) in [5, 5.41) is 0. The van der Waals surface area contributed by atoms with Gasteiger partial charge in [0, 0.05) is 13.1 Å². The lowest BCUT2D eigenvalue weighted by Crippen LogP contribution is -2.53. The average molecular weight is 197 g/mol. The van der Waals surface area contributed by atoms with Crippen molar-refractivity contribution < 1.29 is 4.74 Å². The molecule has 4 heteroatoms. The van der Waals surface area contributed by atoms with E-state index in [4.69, 9.17) is 10.5 Å². The van der Waals surface area contributed by atoms with Crippen LogP contribution in [0.15, 0.2) is 4.99 Å². The average Bonchev–Trinajstić information content (AvgIpc) is 2.65. The minimum Gasteiger partial charge on any atom is -0.374 e. The number of nitrogens with zero attached hydrogens (tertiary/aromatic N) is 2. The predicted molar refractivity (Wildman–Crippen MR) is 56.2 cm³/mol. The molecule has 2 N–H and O–H groups in total. The highest BCUT2D eigenvalue weighted by molar-refractivity contribution is 5.78. The highest BCUT2D eigenvalue weighted by atomic mass is 16.5. The third-order valence-corrected chi connectivity index (χ3v) is 3.10. The summed E-state index contributed by atoms with van der Waals surface area (Å²) in [4.78, 5) is 6.50. The molecule has 14 heavy (non-hydrogen) atoms. The van der Waals surface area contributed by atoms with Gasteiger partial charge in [0.15, 0.2) is 5.96 Å². The van der Waals surface area contributed by atoms with Gasteiger partial charge in [-0.3, -0.25) is 4.99 Å². The number of guanidine groups is 1. The normalized spacial score (nSPS) is 33.2. The van der Waals surface area contributed by atoms with Gasteiger partial charge < -0.3 is 15.4 Å². The third kappa shape index (κ3) is 1.71. The molecule has 4 nitrogen and oxygen atoms in total. The lowest BCUT2D eigenvalue weighted by molar-refractivity contribution is -0.0298. The molecule has 2 aliphatic rings. The molecule has 0 aromatic carbocycles. The van der Waals surface area contributed by atoms with E-state index in [0.29, 0.717) is 18.1 Å². The molecular formula is C10H19N3O. The van der Waals surface area contributed by atoms with Crippen molar-refractivity contribution >= 4 is 5.96 Å². The van der Waals surface area contributed by atoms with Crippen molar-refractivity contribution in [1.29, 1.82) is 0 Å². The zero-order valence-electron chi connectivity index (χ0n) is 8.78. The molecule has 2 fully saturated rings. The fraction of sp³-hybridized carbons (Fsp3) is 0.900. The molecule has 0 radical (unpaired) electrons. The first kappa shape index (κ1) is 9.77. The first-order valence-corrected chi connectivity index (χ1v) is 5.51. The van der Waals surface area contributed by atoms with Gasteiger partial charge in [-0.2, -0.15) is 0 Å². The molecule has 80 valence electrons. The number of rotatable bonds is 1. The second-order valence-electron chi connectivity index (χ2n) is 3.93. The SMILES string of the molecule is CCN=C(N)N1CCOC2CCCC21. The summed E-state index contributed by atoms with van der Waals surface area (Å²) in [6, 6.07) is 0.485. The van der Waals surface area contributed by atoms with E-state index in [1.807, 2.05) is 6.92 Å². The third-order valence-electron chi connectivity index (χ3n) is 3.10. The number of nitrogens with two attached hydrogens (primary N) is 1. The molecule has 0 amide bonds. The van der Waals surface area contributed by atoms with Gasteiger partial charge >= 0.3 is 0 Å². The molecule has 1 saturated heterocycles. The van der Waals surface area contributed by atoms with Gasteiger partial charge in [-0.15, -0.1) is 0 Å². The highest BCUT2D eigenvalue weighted by Crippen LogP contribution is 2.29. The van der Waals surface area contributed by atoms with Crippen molar-refractivity contribution in [1.82, 2.24) is 4.90 Å². The van der Waals surface area contributed by atoms with Crippen LogP contribution >= 0.6 is 0 Å². The fourth-order valence-corrected chi connectivity index (χ4v) is 2.46. The number of fused-ring (bicyclic) bond motifs is 1. The highest BCUT2D eigenvalue weighted by Gasteiger charge is 2.36. The molecule has 1 aliphatic carbocycles. The molecule has 2 atom stereocenters. The van der Waals surface area contributed by atoms with Crippen LogP contribution < -0.4 is 5.73 Å². The van der Waals surface area contributed by atoms with Gasteiger partial charge in [-0.1, -0.05) is 0 Å². The van der Waals surface area contributed by atoms with Crippen LogP contribution in [0.5, 0.6) is 0 Å². The standard InChI is InChI=1S/C10H19N3O/c1-2-12-10(11)13-6-7-14-9-5-3-4-8(9)13/h8-9H,2-7H2,1H3,(H2,11,12). The molecule has 1 heterocycles. The fourth-order valence-electron chi connectivity index (χ4n) is 2.46. The van der Waals surface area contributed by atoms with E-state index in [9.17, 15) is 0 Å². The largest absolute Gasteiger partial charge is 0.374 e. The maximum atomic E-state index is 5.94. The lowest BCUT2D eigenvalue weighted by Gasteiger charge is -2.38. The van der Waals surface area contributed by atoms with E-state index < -0.39 is 0 Å². The summed E-state index contributed by atoms with van der Waals surface area (Å²) in [5.74, 6) is 0.702. The Morgan fingerprint density at radius 3 is 3.21 bits per heavy atom. The molecule has 1 aliphatic heterocycles. The Balaban J connectivity index is 2.06. The lowest BCUT2D eigenvalue weighted by atomic mass is 10.1.